The number of fused-ring (bicyclic) bond motifs is 1. The van der Waals surface area contributed by atoms with E-state index in [2.05, 4.69) is 12.1 Å². The molecule has 1 heterocycles. The number of carboxylic acid groups (broad SMARTS) is 1. The van der Waals surface area contributed by atoms with Crippen LogP contribution in [-0.2, 0) is 17.6 Å². The Morgan fingerprint density at radius 2 is 1.89 bits per heavy atom. The summed E-state index contributed by atoms with van der Waals surface area (Å²) in [5.41, 5.74) is 4.85. The summed E-state index contributed by atoms with van der Waals surface area (Å²) in [6, 6.07) is 16.4. The zero-order valence-corrected chi connectivity index (χ0v) is 21.8. The SMILES string of the molecule is O=C([O-])C[C@H](O)C[C@H](O)/C=C/c1c2c(nn1-c1ccc(F)cc1)C(Cc1ccccc1)CCC2.[Na+]. The standard InChI is InChI=1S/C27H29FN2O4.Na/c28-20-9-11-21(12-10-20)30-25(14-13-22(31)16-23(32)17-26(33)34)24-8-4-7-19(27(24)29-30)15-18-5-2-1-3-6-18;/h1-3,5-6,9-14,19,22-23,31-32H,4,7-8,15-17H2,(H,33,34);/q;+1/p-1/b14-13+;/t19?,22-,23-;/m1./s1. The molecule has 35 heavy (non-hydrogen) atoms. The van der Waals surface area contributed by atoms with E-state index in [4.69, 9.17) is 5.10 Å². The largest absolute Gasteiger partial charge is 1.00 e. The first kappa shape index (κ1) is 27.3. The van der Waals surface area contributed by atoms with Gasteiger partial charge in [0.2, 0.25) is 0 Å². The molecule has 178 valence electrons. The van der Waals surface area contributed by atoms with Gasteiger partial charge in [-0.2, -0.15) is 5.10 Å². The van der Waals surface area contributed by atoms with Crippen LogP contribution >= 0.6 is 0 Å². The van der Waals surface area contributed by atoms with Crippen molar-refractivity contribution in [3.05, 3.63) is 89.0 Å². The summed E-state index contributed by atoms with van der Waals surface area (Å²) < 4.78 is 15.3. The summed E-state index contributed by atoms with van der Waals surface area (Å²) in [6.45, 7) is 0. The number of aliphatic hydroxyl groups excluding tert-OH is 2. The van der Waals surface area contributed by atoms with E-state index in [1.807, 2.05) is 18.2 Å². The van der Waals surface area contributed by atoms with Crippen molar-refractivity contribution in [2.75, 3.05) is 0 Å². The van der Waals surface area contributed by atoms with E-state index >= 15 is 0 Å². The van der Waals surface area contributed by atoms with Crippen molar-refractivity contribution < 1.29 is 54.1 Å². The summed E-state index contributed by atoms with van der Waals surface area (Å²) in [5, 5.41) is 35.8. The number of halogens is 1. The third-order valence-corrected chi connectivity index (χ3v) is 6.21. The molecule has 1 aliphatic rings. The summed E-state index contributed by atoms with van der Waals surface area (Å²) in [6.07, 6.45) is 4.15. The molecule has 0 fully saturated rings. The molecule has 2 aromatic carbocycles. The molecule has 0 spiro atoms. The minimum absolute atomic E-state index is 0. The van der Waals surface area contributed by atoms with Gasteiger partial charge >= 0.3 is 29.6 Å². The van der Waals surface area contributed by atoms with Crippen molar-refractivity contribution in [1.82, 2.24) is 9.78 Å². The second kappa shape index (κ2) is 12.6. The van der Waals surface area contributed by atoms with Crippen molar-refractivity contribution in [3.8, 4) is 5.69 Å². The molecular formula is C27H28FN2NaO4. The maximum absolute atomic E-state index is 13.6. The van der Waals surface area contributed by atoms with Crippen molar-refractivity contribution >= 4 is 12.0 Å². The predicted molar refractivity (Wildman–Crippen MR) is 125 cm³/mol. The van der Waals surface area contributed by atoms with E-state index in [9.17, 15) is 24.5 Å². The van der Waals surface area contributed by atoms with Gasteiger partial charge in [0.15, 0.2) is 0 Å². The van der Waals surface area contributed by atoms with Gasteiger partial charge in [-0.15, -0.1) is 0 Å². The van der Waals surface area contributed by atoms with Crippen molar-refractivity contribution in [3.63, 3.8) is 0 Å². The number of aliphatic carboxylic acids is 1. The number of hydrogen-bond acceptors (Lipinski definition) is 5. The maximum atomic E-state index is 13.6. The van der Waals surface area contributed by atoms with Crippen LogP contribution in [0.25, 0.3) is 11.8 Å². The van der Waals surface area contributed by atoms with Crippen molar-refractivity contribution in [2.45, 2.75) is 56.7 Å². The molecule has 1 unspecified atom stereocenters. The quantitative estimate of drug-likeness (QED) is 0.413. The molecule has 0 bridgehead atoms. The Hall–Kier alpha value is -2.29. The van der Waals surface area contributed by atoms with Crippen LogP contribution in [0.3, 0.4) is 0 Å². The van der Waals surface area contributed by atoms with Crippen LogP contribution in [0, 0.1) is 5.82 Å². The van der Waals surface area contributed by atoms with E-state index in [1.165, 1.54) is 23.8 Å². The summed E-state index contributed by atoms with van der Waals surface area (Å²) in [7, 11) is 0. The van der Waals surface area contributed by atoms with Crippen LogP contribution in [-0.4, -0.2) is 38.2 Å². The van der Waals surface area contributed by atoms with E-state index in [-0.39, 0.29) is 47.7 Å². The van der Waals surface area contributed by atoms with Crippen LogP contribution in [0.15, 0.2) is 60.7 Å². The molecule has 4 rings (SSSR count). The Kier molecular flexibility index (Phi) is 9.83. The number of carbonyl (C=O) groups excluding carboxylic acids is 1. The first-order valence-electron chi connectivity index (χ1n) is 11.6. The molecule has 3 atom stereocenters. The van der Waals surface area contributed by atoms with Gasteiger partial charge in [0, 0.05) is 30.3 Å². The number of aliphatic hydroxyl groups is 2. The molecule has 0 amide bonds. The molecule has 0 saturated heterocycles. The Bertz CT molecular complexity index is 1150. The second-order valence-corrected chi connectivity index (χ2v) is 8.81. The monoisotopic (exact) mass is 486 g/mol. The minimum Gasteiger partial charge on any atom is -0.550 e. The van der Waals surface area contributed by atoms with Crippen molar-refractivity contribution in [1.29, 1.82) is 0 Å². The second-order valence-electron chi connectivity index (χ2n) is 8.81. The van der Waals surface area contributed by atoms with Gasteiger partial charge in [-0.3, -0.25) is 0 Å². The fourth-order valence-corrected chi connectivity index (χ4v) is 4.61. The Morgan fingerprint density at radius 1 is 1.17 bits per heavy atom. The smallest absolute Gasteiger partial charge is 0.550 e. The topological polar surface area (TPSA) is 98.4 Å². The molecule has 6 nitrogen and oxygen atoms in total. The fourth-order valence-electron chi connectivity index (χ4n) is 4.61. The van der Waals surface area contributed by atoms with Gasteiger partial charge in [0.1, 0.15) is 5.82 Å². The van der Waals surface area contributed by atoms with Crippen LogP contribution in [0.1, 0.15) is 54.1 Å². The molecule has 3 aromatic rings. The number of benzene rings is 2. The number of aromatic nitrogens is 2. The molecule has 8 heteroatoms. The average Bonchev–Trinajstić information content (AvgIpc) is 3.18. The zero-order chi connectivity index (χ0) is 24.1. The normalized spacial score (nSPS) is 16.9. The summed E-state index contributed by atoms with van der Waals surface area (Å²) >= 11 is 0. The van der Waals surface area contributed by atoms with E-state index < -0.39 is 24.6 Å². The van der Waals surface area contributed by atoms with E-state index in [0.29, 0.717) is 5.69 Å². The van der Waals surface area contributed by atoms with Gasteiger partial charge in [-0.05, 0) is 61.6 Å². The third-order valence-electron chi connectivity index (χ3n) is 6.21. The molecule has 2 N–H and O–H groups in total. The third kappa shape index (κ3) is 7.12. The number of carboxylic acids is 1. The van der Waals surface area contributed by atoms with Crippen LogP contribution < -0.4 is 34.7 Å². The first-order valence-corrected chi connectivity index (χ1v) is 11.6. The summed E-state index contributed by atoms with van der Waals surface area (Å²) in [5.74, 6) is -1.46. The zero-order valence-electron chi connectivity index (χ0n) is 19.8. The molecule has 0 saturated carbocycles. The van der Waals surface area contributed by atoms with Gasteiger partial charge in [-0.25, -0.2) is 9.07 Å². The Labute approximate surface area is 226 Å². The Balaban J connectivity index is 0.00000342. The molecule has 0 radical (unpaired) electrons. The summed E-state index contributed by atoms with van der Waals surface area (Å²) in [4.78, 5) is 10.7. The fraction of sp³-hybridized carbons (Fsp3) is 0.333. The molecule has 1 aliphatic carbocycles. The first-order chi connectivity index (χ1) is 16.4. The molecular weight excluding hydrogens is 458 g/mol. The van der Waals surface area contributed by atoms with Crippen LogP contribution in [0.2, 0.25) is 0 Å². The van der Waals surface area contributed by atoms with Crippen LogP contribution in [0.5, 0.6) is 0 Å². The van der Waals surface area contributed by atoms with Gasteiger partial charge < -0.3 is 20.1 Å². The maximum Gasteiger partial charge on any atom is 1.00 e. The number of rotatable bonds is 9. The molecule has 0 aliphatic heterocycles. The van der Waals surface area contributed by atoms with Crippen LogP contribution in [0.4, 0.5) is 4.39 Å². The number of nitrogens with zero attached hydrogens (tertiary/aromatic N) is 2. The van der Waals surface area contributed by atoms with E-state index in [0.717, 1.165) is 42.6 Å². The Morgan fingerprint density at radius 3 is 2.57 bits per heavy atom. The van der Waals surface area contributed by atoms with Gasteiger partial charge in [0.25, 0.3) is 0 Å². The van der Waals surface area contributed by atoms with Gasteiger partial charge in [-0.1, -0.05) is 36.4 Å². The number of hydrogen-bond donors (Lipinski definition) is 2. The molecule has 1 aromatic heterocycles. The van der Waals surface area contributed by atoms with Crippen molar-refractivity contribution in [2.24, 2.45) is 0 Å². The number of carbonyl (C=O) groups is 1. The average molecular weight is 487 g/mol. The van der Waals surface area contributed by atoms with E-state index in [1.54, 1.807) is 22.9 Å². The minimum atomic E-state index is -1.36. The van der Waals surface area contributed by atoms with Gasteiger partial charge in [0.05, 0.1) is 29.3 Å². The predicted octanol–water partition coefficient (Wildman–Crippen LogP) is -0.0569.